The maximum atomic E-state index is 13.3. The molecule has 0 N–H and O–H groups in total. The van der Waals surface area contributed by atoms with Gasteiger partial charge in [-0.3, -0.25) is 4.79 Å². The van der Waals surface area contributed by atoms with Crippen LogP contribution < -0.4 is 0 Å². The van der Waals surface area contributed by atoms with E-state index < -0.39 is 11.6 Å². The highest BCUT2D eigenvalue weighted by atomic mass is 19.2. The molecular formula is C18H26F2N2O2. The quantitative estimate of drug-likeness (QED) is 0.765. The van der Waals surface area contributed by atoms with Crippen molar-refractivity contribution in [2.24, 2.45) is 11.8 Å². The van der Waals surface area contributed by atoms with Gasteiger partial charge in [-0.15, -0.1) is 0 Å². The average Bonchev–Trinajstić information content (AvgIpc) is 2.53. The van der Waals surface area contributed by atoms with Crippen molar-refractivity contribution in [1.82, 2.24) is 9.80 Å². The number of likely N-dealkylation sites (tertiary alicyclic amines) is 1. The van der Waals surface area contributed by atoms with Crippen molar-refractivity contribution in [1.29, 1.82) is 0 Å². The number of nitrogens with zero attached hydrogens (tertiary/aromatic N) is 2. The van der Waals surface area contributed by atoms with Gasteiger partial charge in [-0.1, -0.05) is 6.92 Å². The molecule has 0 bridgehead atoms. The van der Waals surface area contributed by atoms with E-state index in [2.05, 4.69) is 11.8 Å². The SMILES string of the molecule is COCC1CN(CC(C)C(C)N(C)C(=O)c2ccc(F)c(F)c2)C1. The first-order valence-electron chi connectivity index (χ1n) is 8.27. The molecule has 2 atom stereocenters. The molecule has 1 fully saturated rings. The van der Waals surface area contributed by atoms with Crippen LogP contribution in [0.5, 0.6) is 0 Å². The van der Waals surface area contributed by atoms with Gasteiger partial charge in [-0.05, 0) is 31.0 Å². The summed E-state index contributed by atoms with van der Waals surface area (Å²) in [6.45, 7) is 7.81. The van der Waals surface area contributed by atoms with Gasteiger partial charge in [0.15, 0.2) is 11.6 Å². The number of hydrogen-bond acceptors (Lipinski definition) is 3. The summed E-state index contributed by atoms with van der Waals surface area (Å²) in [6.07, 6.45) is 0. The van der Waals surface area contributed by atoms with Crippen LogP contribution in [-0.4, -0.2) is 62.1 Å². The van der Waals surface area contributed by atoms with Crippen molar-refractivity contribution in [3.63, 3.8) is 0 Å². The van der Waals surface area contributed by atoms with E-state index in [-0.39, 0.29) is 23.4 Å². The van der Waals surface area contributed by atoms with E-state index >= 15 is 0 Å². The number of amides is 1. The Hall–Kier alpha value is -1.53. The van der Waals surface area contributed by atoms with Crippen LogP contribution >= 0.6 is 0 Å². The Kier molecular flexibility index (Phi) is 6.29. The summed E-state index contributed by atoms with van der Waals surface area (Å²) in [6, 6.07) is 3.25. The number of hydrogen-bond donors (Lipinski definition) is 0. The molecule has 0 aliphatic carbocycles. The van der Waals surface area contributed by atoms with Gasteiger partial charge in [0.25, 0.3) is 5.91 Å². The number of rotatable bonds is 7. The summed E-state index contributed by atoms with van der Waals surface area (Å²) in [5.74, 6) is -1.38. The molecule has 1 aromatic carbocycles. The molecule has 1 saturated heterocycles. The third-order valence-electron chi connectivity index (χ3n) is 4.90. The fourth-order valence-electron chi connectivity index (χ4n) is 3.13. The van der Waals surface area contributed by atoms with Crippen LogP contribution in [0.15, 0.2) is 18.2 Å². The molecule has 0 aromatic heterocycles. The van der Waals surface area contributed by atoms with Gasteiger partial charge >= 0.3 is 0 Å². The molecule has 6 heteroatoms. The van der Waals surface area contributed by atoms with Crippen molar-refractivity contribution in [3.05, 3.63) is 35.4 Å². The van der Waals surface area contributed by atoms with Gasteiger partial charge in [0.05, 0.1) is 6.61 Å². The maximum Gasteiger partial charge on any atom is 0.253 e. The first-order valence-corrected chi connectivity index (χ1v) is 8.27. The van der Waals surface area contributed by atoms with Crippen LogP contribution in [0.1, 0.15) is 24.2 Å². The smallest absolute Gasteiger partial charge is 0.253 e. The number of carbonyl (C=O) groups excluding carboxylic acids is 1. The number of benzene rings is 1. The summed E-state index contributed by atoms with van der Waals surface area (Å²) in [4.78, 5) is 16.4. The third kappa shape index (κ3) is 4.30. The molecule has 0 spiro atoms. The summed E-state index contributed by atoms with van der Waals surface area (Å²) in [7, 11) is 3.42. The zero-order valence-electron chi connectivity index (χ0n) is 14.8. The van der Waals surface area contributed by atoms with Crippen LogP contribution in [0.4, 0.5) is 8.78 Å². The van der Waals surface area contributed by atoms with Crippen LogP contribution in [0.2, 0.25) is 0 Å². The monoisotopic (exact) mass is 340 g/mol. The van der Waals surface area contributed by atoms with Gasteiger partial charge < -0.3 is 14.5 Å². The normalized spacial score (nSPS) is 18.1. The largest absolute Gasteiger partial charge is 0.384 e. The van der Waals surface area contributed by atoms with Crippen molar-refractivity contribution >= 4 is 5.91 Å². The topological polar surface area (TPSA) is 32.8 Å². The number of methoxy groups -OCH3 is 1. The number of ether oxygens (including phenoxy) is 1. The minimum absolute atomic E-state index is 0.00732. The second-order valence-corrected chi connectivity index (χ2v) is 6.80. The highest BCUT2D eigenvalue weighted by Crippen LogP contribution is 2.21. The molecule has 0 radical (unpaired) electrons. The summed E-state index contributed by atoms with van der Waals surface area (Å²) >= 11 is 0. The van der Waals surface area contributed by atoms with Gasteiger partial charge in [0.1, 0.15) is 0 Å². The van der Waals surface area contributed by atoms with Crippen LogP contribution in [-0.2, 0) is 4.74 Å². The van der Waals surface area contributed by atoms with E-state index in [1.54, 1.807) is 19.1 Å². The molecule has 2 rings (SSSR count). The number of carbonyl (C=O) groups is 1. The Morgan fingerprint density at radius 1 is 1.33 bits per heavy atom. The average molecular weight is 340 g/mol. The van der Waals surface area contributed by atoms with E-state index in [9.17, 15) is 13.6 Å². The van der Waals surface area contributed by atoms with E-state index in [1.165, 1.54) is 6.07 Å². The fraction of sp³-hybridized carbons (Fsp3) is 0.611. The molecule has 2 unspecified atom stereocenters. The Morgan fingerprint density at radius 3 is 2.58 bits per heavy atom. The molecule has 1 aliphatic heterocycles. The van der Waals surface area contributed by atoms with Crippen molar-refractivity contribution in [2.45, 2.75) is 19.9 Å². The molecule has 4 nitrogen and oxygen atoms in total. The second kappa shape index (κ2) is 8.03. The lowest BCUT2D eigenvalue weighted by molar-refractivity contribution is 0.0174. The highest BCUT2D eigenvalue weighted by Gasteiger charge is 2.30. The lowest BCUT2D eigenvalue weighted by Gasteiger charge is -2.42. The van der Waals surface area contributed by atoms with E-state index in [0.29, 0.717) is 5.92 Å². The van der Waals surface area contributed by atoms with Crippen molar-refractivity contribution in [3.8, 4) is 0 Å². The maximum absolute atomic E-state index is 13.3. The number of halogens is 2. The fourth-order valence-corrected chi connectivity index (χ4v) is 3.13. The van der Waals surface area contributed by atoms with Gasteiger partial charge in [0, 0.05) is 51.3 Å². The Balaban J connectivity index is 1.89. The lowest BCUT2D eigenvalue weighted by Crippen LogP contribution is -2.52. The first-order chi connectivity index (χ1) is 11.3. The van der Waals surface area contributed by atoms with Crippen molar-refractivity contribution in [2.75, 3.05) is 40.4 Å². The zero-order chi connectivity index (χ0) is 17.9. The van der Waals surface area contributed by atoms with Crippen LogP contribution in [0, 0.1) is 23.5 Å². The summed E-state index contributed by atoms with van der Waals surface area (Å²) < 4.78 is 31.5. The summed E-state index contributed by atoms with van der Waals surface area (Å²) in [5, 5.41) is 0. The molecule has 1 aliphatic rings. The Bertz CT molecular complexity index is 576. The molecule has 1 amide bonds. The summed E-state index contributed by atoms with van der Waals surface area (Å²) in [5.41, 5.74) is 0.166. The zero-order valence-corrected chi connectivity index (χ0v) is 14.8. The second-order valence-electron chi connectivity index (χ2n) is 6.80. The van der Waals surface area contributed by atoms with Crippen LogP contribution in [0.25, 0.3) is 0 Å². The molecule has 134 valence electrons. The van der Waals surface area contributed by atoms with Crippen LogP contribution in [0.3, 0.4) is 0 Å². The lowest BCUT2D eigenvalue weighted by atomic mass is 9.95. The van der Waals surface area contributed by atoms with E-state index in [1.807, 2.05) is 6.92 Å². The first kappa shape index (κ1) is 18.8. The van der Waals surface area contributed by atoms with E-state index in [4.69, 9.17) is 4.74 Å². The molecule has 24 heavy (non-hydrogen) atoms. The predicted molar refractivity (Wildman–Crippen MR) is 88.9 cm³/mol. The molecule has 0 saturated carbocycles. The van der Waals surface area contributed by atoms with Crippen molar-refractivity contribution < 1.29 is 18.3 Å². The van der Waals surface area contributed by atoms with Gasteiger partial charge in [0.2, 0.25) is 0 Å². The minimum Gasteiger partial charge on any atom is -0.384 e. The highest BCUT2D eigenvalue weighted by molar-refractivity contribution is 5.94. The standard InChI is InChI=1S/C18H26F2N2O2/c1-12(8-22-9-14(10-22)11-24-4)13(2)21(3)18(23)15-5-6-16(19)17(20)7-15/h5-7,12-14H,8-11H2,1-4H3. The minimum atomic E-state index is -1.00. The molecule has 1 aromatic rings. The predicted octanol–water partition coefficient (Wildman–Crippen LogP) is 2.64. The van der Waals surface area contributed by atoms with E-state index in [0.717, 1.165) is 38.4 Å². The molecular weight excluding hydrogens is 314 g/mol. The van der Waals surface area contributed by atoms with Gasteiger partial charge in [-0.25, -0.2) is 8.78 Å². The Labute approximate surface area is 142 Å². The third-order valence-corrected chi connectivity index (χ3v) is 4.90. The van der Waals surface area contributed by atoms with Gasteiger partial charge in [-0.2, -0.15) is 0 Å². The Morgan fingerprint density at radius 2 is 2.00 bits per heavy atom. The molecule has 1 heterocycles.